The van der Waals surface area contributed by atoms with Gasteiger partial charge in [-0.2, -0.15) is 0 Å². The van der Waals surface area contributed by atoms with Gasteiger partial charge in [0.05, 0.1) is 9.30 Å². The van der Waals surface area contributed by atoms with Gasteiger partial charge in [-0.1, -0.05) is 61.0 Å². The molecule has 0 aliphatic rings. The Morgan fingerprint density at radius 2 is 1.57 bits per heavy atom. The highest BCUT2D eigenvalue weighted by Crippen LogP contribution is 2.39. The predicted octanol–water partition coefficient (Wildman–Crippen LogP) is 6.51. The molecule has 0 amide bonds. The van der Waals surface area contributed by atoms with Gasteiger partial charge in [0.15, 0.2) is 0 Å². The van der Waals surface area contributed by atoms with Crippen LogP contribution in [0, 0.1) is 11.6 Å². The molecule has 0 saturated carbocycles. The van der Waals surface area contributed by atoms with Crippen molar-refractivity contribution in [3.8, 4) is 0 Å². The largest absolute Gasteiger partial charge is 0.207 e. The highest BCUT2D eigenvalue weighted by Gasteiger charge is 2.24. The van der Waals surface area contributed by atoms with Crippen LogP contribution >= 0.6 is 31.9 Å². The maximum Gasteiger partial charge on any atom is 0.137 e. The number of benzene rings is 2. The van der Waals surface area contributed by atoms with E-state index in [4.69, 9.17) is 0 Å². The van der Waals surface area contributed by atoms with Crippen LogP contribution in [0.15, 0.2) is 40.9 Å². The Labute approximate surface area is 140 Å². The van der Waals surface area contributed by atoms with E-state index in [0.717, 1.165) is 11.1 Å². The summed E-state index contributed by atoms with van der Waals surface area (Å²) in [6, 6.07) is 10.2. The third-order valence-electron chi connectivity index (χ3n) is 3.35. The summed E-state index contributed by atoms with van der Waals surface area (Å²) in [6.07, 6.45) is 0. The summed E-state index contributed by atoms with van der Waals surface area (Å²) in [5.41, 5.74) is 2.28. The smallest absolute Gasteiger partial charge is 0.137 e. The molecule has 1 atom stereocenters. The molecular weight excluding hydrogens is 402 g/mol. The van der Waals surface area contributed by atoms with Gasteiger partial charge in [0.2, 0.25) is 0 Å². The number of halogens is 4. The van der Waals surface area contributed by atoms with Crippen molar-refractivity contribution in [2.24, 2.45) is 0 Å². The zero-order chi connectivity index (χ0) is 15.8. The lowest BCUT2D eigenvalue weighted by Gasteiger charge is -2.25. The van der Waals surface area contributed by atoms with Gasteiger partial charge in [-0.05, 0) is 44.6 Å². The monoisotopic (exact) mass is 416 g/mol. The summed E-state index contributed by atoms with van der Waals surface area (Å²) < 4.78 is 28.0. The van der Waals surface area contributed by atoms with Crippen LogP contribution in [0.1, 0.15) is 42.3 Å². The van der Waals surface area contributed by atoms with E-state index >= 15 is 0 Å². The van der Waals surface area contributed by atoms with E-state index in [9.17, 15) is 8.78 Å². The van der Waals surface area contributed by atoms with Gasteiger partial charge in [-0.3, -0.25) is 0 Å². The van der Waals surface area contributed by atoms with Crippen LogP contribution in [0.4, 0.5) is 8.78 Å². The minimum absolute atomic E-state index is 0.0764. The fraction of sp³-hybridized carbons (Fsp3) is 0.294. The maximum absolute atomic E-state index is 14.2. The topological polar surface area (TPSA) is 0 Å². The van der Waals surface area contributed by atoms with Crippen LogP contribution in [-0.4, -0.2) is 0 Å². The van der Waals surface area contributed by atoms with Crippen molar-refractivity contribution < 1.29 is 8.78 Å². The molecule has 4 heteroatoms. The van der Waals surface area contributed by atoms with Crippen LogP contribution in [0.25, 0.3) is 0 Å². The maximum atomic E-state index is 14.2. The zero-order valence-corrected chi connectivity index (χ0v) is 15.2. The third kappa shape index (κ3) is 3.54. The molecule has 112 valence electrons. The fourth-order valence-electron chi connectivity index (χ4n) is 2.30. The normalized spacial score (nSPS) is 13.3. The first kappa shape index (κ1) is 16.6. The number of hydrogen-bond acceptors (Lipinski definition) is 0. The quantitative estimate of drug-likeness (QED) is 0.386. The predicted molar refractivity (Wildman–Crippen MR) is 90.0 cm³/mol. The second kappa shape index (κ2) is 6.17. The number of rotatable bonds is 2. The Hall–Kier alpha value is -0.740. The van der Waals surface area contributed by atoms with Gasteiger partial charge < -0.3 is 0 Å². The first-order chi connectivity index (χ1) is 9.71. The second-order valence-corrected chi connectivity index (χ2v) is 7.76. The van der Waals surface area contributed by atoms with Gasteiger partial charge in [-0.25, -0.2) is 8.78 Å². The van der Waals surface area contributed by atoms with Crippen LogP contribution in [0.5, 0.6) is 0 Å². The first-order valence-electron chi connectivity index (χ1n) is 6.59. The molecule has 21 heavy (non-hydrogen) atoms. The van der Waals surface area contributed by atoms with E-state index < -0.39 is 16.5 Å². The Kier molecular flexibility index (Phi) is 4.89. The third-order valence-corrected chi connectivity index (χ3v) is 4.95. The molecule has 0 aromatic heterocycles. The fourth-order valence-corrected chi connectivity index (χ4v) is 3.37. The zero-order valence-electron chi connectivity index (χ0n) is 12.1. The van der Waals surface area contributed by atoms with Crippen molar-refractivity contribution in [1.82, 2.24) is 0 Å². The first-order valence-corrected chi connectivity index (χ1v) is 8.30. The Morgan fingerprint density at radius 1 is 0.952 bits per heavy atom. The van der Waals surface area contributed by atoms with E-state index in [0.29, 0.717) is 5.56 Å². The number of hydrogen-bond donors (Lipinski definition) is 0. The van der Waals surface area contributed by atoms with Gasteiger partial charge in [0.25, 0.3) is 0 Å². The van der Waals surface area contributed by atoms with Crippen molar-refractivity contribution in [2.45, 2.75) is 31.0 Å². The van der Waals surface area contributed by atoms with Crippen LogP contribution in [0.2, 0.25) is 0 Å². The average molecular weight is 418 g/mol. The molecular formula is C17H16Br2F2. The van der Waals surface area contributed by atoms with Crippen LogP contribution in [0.3, 0.4) is 0 Å². The Bertz CT molecular complexity index is 660. The Balaban J connectivity index is 2.56. The molecule has 2 aromatic rings. The summed E-state index contributed by atoms with van der Waals surface area (Å²) in [4.78, 5) is -0.393. The lowest BCUT2D eigenvalue weighted by atomic mass is 9.82. The Morgan fingerprint density at radius 3 is 2.19 bits per heavy atom. The van der Waals surface area contributed by atoms with E-state index in [-0.39, 0.29) is 9.89 Å². The van der Waals surface area contributed by atoms with Gasteiger partial charge in [0.1, 0.15) is 11.6 Å². The standard InChI is InChI=1S/C17H16Br2F2/c1-17(2,3)12-7-5-4-6-10(12)16(19)11-8-15(21)13(18)9-14(11)20/h4-9,16H,1-3H3. The molecule has 0 bridgehead atoms. The summed E-state index contributed by atoms with van der Waals surface area (Å²) >= 11 is 6.53. The molecule has 0 spiro atoms. The lowest BCUT2D eigenvalue weighted by Crippen LogP contribution is -2.15. The summed E-state index contributed by atoms with van der Waals surface area (Å²) in [6.45, 7) is 6.30. The average Bonchev–Trinajstić information content (AvgIpc) is 2.41. The van der Waals surface area contributed by atoms with E-state index in [1.54, 1.807) is 0 Å². The van der Waals surface area contributed by atoms with E-state index in [1.165, 1.54) is 12.1 Å². The van der Waals surface area contributed by atoms with Crippen molar-refractivity contribution in [3.63, 3.8) is 0 Å². The van der Waals surface area contributed by atoms with Crippen molar-refractivity contribution in [3.05, 3.63) is 69.2 Å². The van der Waals surface area contributed by atoms with Gasteiger partial charge in [0, 0.05) is 5.56 Å². The van der Waals surface area contributed by atoms with Crippen molar-refractivity contribution in [1.29, 1.82) is 0 Å². The minimum atomic E-state index is -0.468. The summed E-state index contributed by atoms with van der Waals surface area (Å²) in [7, 11) is 0. The SMILES string of the molecule is CC(C)(C)c1ccccc1C(Br)c1cc(F)c(Br)cc1F. The highest BCUT2D eigenvalue weighted by atomic mass is 79.9. The molecule has 0 N–H and O–H groups in total. The van der Waals surface area contributed by atoms with Crippen LogP contribution in [-0.2, 0) is 5.41 Å². The molecule has 0 nitrogen and oxygen atoms in total. The molecule has 0 aliphatic heterocycles. The lowest BCUT2D eigenvalue weighted by molar-refractivity contribution is 0.573. The van der Waals surface area contributed by atoms with Gasteiger partial charge in [-0.15, -0.1) is 0 Å². The molecule has 1 unspecified atom stereocenters. The molecule has 0 fully saturated rings. The molecule has 0 saturated heterocycles. The molecule has 2 aromatic carbocycles. The second-order valence-electron chi connectivity index (χ2n) is 5.99. The highest BCUT2D eigenvalue weighted by molar-refractivity contribution is 9.10. The number of alkyl halides is 1. The molecule has 0 aliphatic carbocycles. The van der Waals surface area contributed by atoms with Crippen molar-refractivity contribution >= 4 is 31.9 Å². The summed E-state index contributed by atoms with van der Waals surface area (Å²) in [5, 5.41) is 0. The molecule has 2 rings (SSSR count). The minimum Gasteiger partial charge on any atom is -0.207 e. The summed E-state index contributed by atoms with van der Waals surface area (Å²) in [5.74, 6) is -0.905. The molecule has 0 radical (unpaired) electrons. The van der Waals surface area contributed by atoms with E-state index in [1.807, 2.05) is 24.3 Å². The molecule has 0 heterocycles. The van der Waals surface area contributed by atoms with Crippen LogP contribution < -0.4 is 0 Å². The van der Waals surface area contributed by atoms with Gasteiger partial charge >= 0.3 is 0 Å². The van der Waals surface area contributed by atoms with Crippen molar-refractivity contribution in [2.75, 3.05) is 0 Å². The van der Waals surface area contributed by atoms with E-state index in [2.05, 4.69) is 52.6 Å².